The van der Waals surface area contributed by atoms with Crippen LogP contribution < -0.4 is 5.32 Å². The van der Waals surface area contributed by atoms with Crippen molar-refractivity contribution in [1.29, 1.82) is 0 Å². The van der Waals surface area contributed by atoms with Gasteiger partial charge in [0.1, 0.15) is 0 Å². The number of rotatable bonds is 8. The van der Waals surface area contributed by atoms with Gasteiger partial charge < -0.3 is 10.1 Å². The Bertz CT molecular complexity index is 662. The Labute approximate surface area is 168 Å². The number of nitrogens with zero attached hydrogens (tertiary/aromatic N) is 2. The SMILES string of the molecule is COCCCN1C(=O)[C@@H]2C[C@H](NC(=O)CCC3CCCC3)CN2CCS1(=O)=O. The molecular weight excluding hydrogens is 382 g/mol. The van der Waals surface area contributed by atoms with E-state index in [2.05, 4.69) is 5.32 Å². The molecule has 2 aliphatic heterocycles. The minimum atomic E-state index is -3.59. The molecule has 160 valence electrons. The van der Waals surface area contributed by atoms with Crippen LogP contribution in [0.4, 0.5) is 0 Å². The summed E-state index contributed by atoms with van der Waals surface area (Å²) >= 11 is 0. The van der Waals surface area contributed by atoms with Gasteiger partial charge in [-0.3, -0.25) is 14.5 Å². The smallest absolute Gasteiger partial charge is 0.253 e. The number of ether oxygens (including phenoxy) is 1. The van der Waals surface area contributed by atoms with E-state index in [1.165, 1.54) is 25.7 Å². The number of methoxy groups -OCH3 is 1. The molecule has 8 nitrogen and oxygen atoms in total. The predicted octanol–water partition coefficient (Wildman–Crippen LogP) is 0.724. The van der Waals surface area contributed by atoms with Gasteiger partial charge in [-0.25, -0.2) is 12.7 Å². The monoisotopic (exact) mass is 415 g/mol. The molecule has 1 aliphatic carbocycles. The Morgan fingerprint density at radius 1 is 1.29 bits per heavy atom. The van der Waals surface area contributed by atoms with Crippen molar-refractivity contribution in [2.45, 2.75) is 63.5 Å². The Hall–Kier alpha value is -1.19. The molecule has 0 aromatic rings. The molecule has 0 spiro atoms. The van der Waals surface area contributed by atoms with Crippen LogP contribution in [0.25, 0.3) is 0 Å². The van der Waals surface area contributed by atoms with Crippen molar-refractivity contribution in [3.8, 4) is 0 Å². The molecule has 3 rings (SSSR count). The van der Waals surface area contributed by atoms with Gasteiger partial charge in [-0.15, -0.1) is 0 Å². The van der Waals surface area contributed by atoms with Gasteiger partial charge in [0.2, 0.25) is 15.9 Å². The van der Waals surface area contributed by atoms with Crippen molar-refractivity contribution in [3.63, 3.8) is 0 Å². The zero-order valence-electron chi connectivity index (χ0n) is 16.8. The van der Waals surface area contributed by atoms with Crippen molar-refractivity contribution in [3.05, 3.63) is 0 Å². The molecular formula is C19H33N3O5S. The van der Waals surface area contributed by atoms with Gasteiger partial charge in [0.25, 0.3) is 5.91 Å². The molecule has 0 aromatic carbocycles. The zero-order chi connectivity index (χ0) is 20.1. The number of carbonyl (C=O) groups is 2. The van der Waals surface area contributed by atoms with Crippen LogP contribution in [0.1, 0.15) is 51.4 Å². The molecule has 0 bridgehead atoms. The highest BCUT2D eigenvalue weighted by atomic mass is 32.2. The summed E-state index contributed by atoms with van der Waals surface area (Å²) < 4.78 is 31.0. The number of hydrogen-bond acceptors (Lipinski definition) is 6. The summed E-state index contributed by atoms with van der Waals surface area (Å²) in [7, 11) is -2.04. The first kappa shape index (κ1) is 21.5. The van der Waals surface area contributed by atoms with Gasteiger partial charge in [0, 0.05) is 45.8 Å². The molecule has 0 aromatic heterocycles. The maximum absolute atomic E-state index is 12.9. The number of sulfonamides is 1. The van der Waals surface area contributed by atoms with E-state index in [0.717, 1.165) is 10.7 Å². The summed E-state index contributed by atoms with van der Waals surface area (Å²) in [5.41, 5.74) is 0. The summed E-state index contributed by atoms with van der Waals surface area (Å²) in [6.45, 7) is 1.42. The summed E-state index contributed by atoms with van der Waals surface area (Å²) in [5.74, 6) is 0.296. The Balaban J connectivity index is 1.54. The van der Waals surface area contributed by atoms with Crippen LogP contribution in [-0.4, -0.2) is 80.6 Å². The highest BCUT2D eigenvalue weighted by Crippen LogP contribution is 2.29. The fraction of sp³-hybridized carbons (Fsp3) is 0.895. The lowest BCUT2D eigenvalue weighted by Gasteiger charge is -2.23. The number of hydrogen-bond donors (Lipinski definition) is 1. The quantitative estimate of drug-likeness (QED) is 0.587. The van der Waals surface area contributed by atoms with Crippen LogP contribution in [0.15, 0.2) is 0 Å². The fourth-order valence-electron chi connectivity index (χ4n) is 4.69. The normalized spacial score (nSPS) is 28.3. The number of carbonyl (C=O) groups excluding carboxylic acids is 2. The third-order valence-corrected chi connectivity index (χ3v) is 7.97. The topological polar surface area (TPSA) is 96.0 Å². The van der Waals surface area contributed by atoms with Gasteiger partial charge in [0.15, 0.2) is 0 Å². The van der Waals surface area contributed by atoms with E-state index in [-0.39, 0.29) is 30.2 Å². The van der Waals surface area contributed by atoms with Crippen LogP contribution in [0.2, 0.25) is 0 Å². The van der Waals surface area contributed by atoms with Crippen LogP contribution >= 0.6 is 0 Å². The standard InChI is InChI=1S/C19H33N3O5S/c1-27-11-4-9-22-19(24)17-13-16(14-21(17)10-12-28(22,25)26)20-18(23)8-7-15-5-2-3-6-15/h15-17H,2-14H2,1H3,(H,20,23)/t16-,17-/m0/s1. The lowest BCUT2D eigenvalue weighted by Crippen LogP contribution is -2.44. The van der Waals surface area contributed by atoms with Crippen LogP contribution in [0.3, 0.4) is 0 Å². The van der Waals surface area contributed by atoms with Crippen molar-refractivity contribution in [2.24, 2.45) is 5.92 Å². The first-order chi connectivity index (χ1) is 13.4. The molecule has 2 heterocycles. The van der Waals surface area contributed by atoms with Crippen molar-refractivity contribution >= 4 is 21.8 Å². The highest BCUT2D eigenvalue weighted by Gasteiger charge is 2.45. The molecule has 9 heteroatoms. The van der Waals surface area contributed by atoms with Crippen LogP contribution in [0.5, 0.6) is 0 Å². The van der Waals surface area contributed by atoms with E-state index in [1.54, 1.807) is 7.11 Å². The highest BCUT2D eigenvalue weighted by molar-refractivity contribution is 7.89. The van der Waals surface area contributed by atoms with Gasteiger partial charge in [0.05, 0.1) is 11.8 Å². The number of fused-ring (bicyclic) bond motifs is 1. The second-order valence-corrected chi connectivity index (χ2v) is 10.3. The second kappa shape index (κ2) is 9.54. The van der Waals surface area contributed by atoms with Crippen molar-refractivity contribution in [2.75, 3.05) is 39.1 Å². The minimum absolute atomic E-state index is 0.0478. The van der Waals surface area contributed by atoms with Gasteiger partial charge >= 0.3 is 0 Å². The van der Waals surface area contributed by atoms with Crippen molar-refractivity contribution < 1.29 is 22.7 Å². The Morgan fingerprint density at radius 3 is 2.75 bits per heavy atom. The molecule has 2 amide bonds. The Morgan fingerprint density at radius 2 is 2.04 bits per heavy atom. The first-order valence-electron chi connectivity index (χ1n) is 10.5. The molecule has 3 fully saturated rings. The average Bonchev–Trinajstić information content (AvgIpc) is 3.29. The largest absolute Gasteiger partial charge is 0.385 e. The molecule has 0 unspecified atom stereocenters. The van der Waals surface area contributed by atoms with Crippen LogP contribution in [0, 0.1) is 5.92 Å². The number of nitrogens with one attached hydrogen (secondary N) is 1. The first-order valence-corrected chi connectivity index (χ1v) is 12.1. The van der Waals surface area contributed by atoms with E-state index < -0.39 is 16.1 Å². The fourth-order valence-corrected chi connectivity index (χ4v) is 6.18. The van der Waals surface area contributed by atoms with Crippen molar-refractivity contribution in [1.82, 2.24) is 14.5 Å². The van der Waals surface area contributed by atoms with E-state index in [9.17, 15) is 18.0 Å². The Kier molecular flexibility index (Phi) is 7.33. The number of amides is 2. The van der Waals surface area contributed by atoms with E-state index >= 15 is 0 Å². The molecule has 3 aliphatic rings. The van der Waals surface area contributed by atoms with Gasteiger partial charge in [-0.05, 0) is 25.2 Å². The van der Waals surface area contributed by atoms with Crippen LogP contribution in [-0.2, 0) is 24.3 Å². The van der Waals surface area contributed by atoms with E-state index in [0.29, 0.717) is 44.9 Å². The molecule has 1 saturated carbocycles. The third-order valence-electron chi connectivity index (χ3n) is 6.24. The summed E-state index contributed by atoms with van der Waals surface area (Å²) in [6, 6.07) is -0.563. The van der Waals surface area contributed by atoms with Gasteiger partial charge in [-0.2, -0.15) is 0 Å². The van der Waals surface area contributed by atoms with E-state index in [1.807, 2.05) is 4.90 Å². The molecule has 0 radical (unpaired) electrons. The lowest BCUT2D eigenvalue weighted by molar-refractivity contribution is -0.130. The minimum Gasteiger partial charge on any atom is -0.385 e. The average molecular weight is 416 g/mol. The molecule has 2 atom stereocenters. The third kappa shape index (κ3) is 5.24. The zero-order valence-corrected chi connectivity index (χ0v) is 17.6. The molecule has 28 heavy (non-hydrogen) atoms. The molecule has 2 saturated heterocycles. The maximum Gasteiger partial charge on any atom is 0.253 e. The van der Waals surface area contributed by atoms with Gasteiger partial charge in [-0.1, -0.05) is 25.7 Å². The predicted molar refractivity (Wildman–Crippen MR) is 105 cm³/mol. The van der Waals surface area contributed by atoms with E-state index in [4.69, 9.17) is 4.74 Å². The maximum atomic E-state index is 12.9. The molecule has 1 N–H and O–H groups in total. The second-order valence-electron chi connectivity index (χ2n) is 8.27. The lowest BCUT2D eigenvalue weighted by atomic mass is 10.0. The summed E-state index contributed by atoms with van der Waals surface area (Å²) in [6.07, 6.45) is 7.45. The summed E-state index contributed by atoms with van der Waals surface area (Å²) in [5, 5.41) is 3.07. The summed E-state index contributed by atoms with van der Waals surface area (Å²) in [4.78, 5) is 27.2.